The Kier molecular flexibility index (Phi) is 6.02. The molecule has 2 aromatic rings. The van der Waals surface area contributed by atoms with E-state index in [0.717, 1.165) is 34.8 Å². The highest BCUT2D eigenvalue weighted by molar-refractivity contribution is 8.00. The summed E-state index contributed by atoms with van der Waals surface area (Å²) in [6.45, 7) is 6.04. The average Bonchev–Trinajstić information content (AvgIpc) is 3.06. The molecule has 3 rings (SSSR count). The molecule has 8 heteroatoms. The van der Waals surface area contributed by atoms with E-state index in [1.54, 1.807) is 17.7 Å². The van der Waals surface area contributed by atoms with Crippen LogP contribution in [0.2, 0.25) is 0 Å². The predicted molar refractivity (Wildman–Crippen MR) is 94.3 cm³/mol. The first kappa shape index (κ1) is 17.5. The molecule has 0 aromatic carbocycles. The summed E-state index contributed by atoms with van der Waals surface area (Å²) in [5.74, 6) is 0.474. The number of carbonyl (C=O) groups excluding carboxylic acids is 1. The van der Waals surface area contributed by atoms with Crippen LogP contribution in [0.5, 0.6) is 0 Å². The number of nitrogens with one attached hydrogen (secondary N) is 2. The molecule has 1 fully saturated rings. The van der Waals surface area contributed by atoms with Gasteiger partial charge in [0.15, 0.2) is 0 Å². The molecule has 22 heavy (non-hydrogen) atoms. The fourth-order valence-electron chi connectivity index (χ4n) is 2.44. The maximum absolute atomic E-state index is 12.0. The number of halogens is 1. The van der Waals surface area contributed by atoms with Crippen molar-refractivity contribution < 1.29 is 4.79 Å². The largest absolute Gasteiger partial charge is 0.351 e. The third-order valence-electron chi connectivity index (χ3n) is 3.70. The summed E-state index contributed by atoms with van der Waals surface area (Å²) in [5.41, 5.74) is 1.22. The van der Waals surface area contributed by atoms with Crippen LogP contribution in [0.15, 0.2) is 11.4 Å². The van der Waals surface area contributed by atoms with Gasteiger partial charge in [-0.1, -0.05) is 11.8 Å². The van der Waals surface area contributed by atoms with Gasteiger partial charge in [0.2, 0.25) is 5.91 Å². The Balaban J connectivity index is 0.00000176. The number of rotatable bonds is 4. The van der Waals surface area contributed by atoms with Crippen molar-refractivity contribution in [1.29, 1.82) is 0 Å². The number of aryl methyl sites for hydroxylation is 2. The highest BCUT2D eigenvalue weighted by atomic mass is 35.5. The number of thioether (sulfide) groups is 1. The number of fused-ring (bicyclic) bond motifs is 1. The maximum Gasteiger partial charge on any atom is 0.230 e. The van der Waals surface area contributed by atoms with Crippen molar-refractivity contribution in [2.24, 2.45) is 0 Å². The lowest BCUT2D eigenvalue weighted by molar-refractivity contribution is -0.119. The highest BCUT2D eigenvalue weighted by Crippen LogP contribution is 2.34. The number of hydrogen-bond donors (Lipinski definition) is 2. The van der Waals surface area contributed by atoms with E-state index in [1.165, 1.54) is 22.2 Å². The summed E-state index contributed by atoms with van der Waals surface area (Å²) in [6, 6.07) is 0.272. The lowest BCUT2D eigenvalue weighted by atomic mass is 10.2. The molecule has 1 saturated heterocycles. The van der Waals surface area contributed by atoms with E-state index >= 15 is 0 Å². The fourth-order valence-corrected chi connectivity index (χ4v) is 4.37. The summed E-state index contributed by atoms with van der Waals surface area (Å²) in [4.78, 5) is 22.9. The quantitative estimate of drug-likeness (QED) is 0.648. The van der Waals surface area contributed by atoms with Crippen LogP contribution in [0, 0.1) is 13.8 Å². The van der Waals surface area contributed by atoms with Crippen LogP contribution in [0.1, 0.15) is 16.9 Å². The van der Waals surface area contributed by atoms with Crippen LogP contribution in [-0.4, -0.2) is 40.8 Å². The number of aromatic nitrogens is 2. The third-order valence-corrected chi connectivity index (χ3v) is 5.80. The molecule has 0 spiro atoms. The number of thiophene rings is 1. The number of nitrogens with zero attached hydrogens (tertiary/aromatic N) is 2. The lowest BCUT2D eigenvalue weighted by Gasteiger charge is -2.10. The second-order valence-electron chi connectivity index (χ2n) is 5.19. The number of hydrogen-bond acceptors (Lipinski definition) is 6. The zero-order valence-corrected chi connectivity index (χ0v) is 15.0. The molecule has 1 aliphatic heterocycles. The van der Waals surface area contributed by atoms with Crippen LogP contribution < -0.4 is 10.6 Å². The van der Waals surface area contributed by atoms with Gasteiger partial charge in [-0.2, -0.15) is 0 Å². The molecule has 0 radical (unpaired) electrons. The zero-order valence-electron chi connectivity index (χ0n) is 12.5. The molecule has 120 valence electrons. The minimum absolute atomic E-state index is 0. The Morgan fingerprint density at radius 3 is 3.05 bits per heavy atom. The van der Waals surface area contributed by atoms with Gasteiger partial charge in [-0.25, -0.2) is 9.97 Å². The Morgan fingerprint density at radius 2 is 2.32 bits per heavy atom. The maximum atomic E-state index is 12.0. The summed E-state index contributed by atoms with van der Waals surface area (Å²) < 4.78 is 0. The minimum Gasteiger partial charge on any atom is -0.351 e. The van der Waals surface area contributed by atoms with Gasteiger partial charge in [-0.3, -0.25) is 4.79 Å². The van der Waals surface area contributed by atoms with Crippen molar-refractivity contribution in [2.45, 2.75) is 31.3 Å². The van der Waals surface area contributed by atoms with E-state index in [4.69, 9.17) is 0 Å². The van der Waals surface area contributed by atoms with Crippen LogP contribution in [0.3, 0.4) is 0 Å². The van der Waals surface area contributed by atoms with E-state index in [-0.39, 0.29) is 24.4 Å². The smallest absolute Gasteiger partial charge is 0.230 e. The molecule has 2 N–H and O–H groups in total. The second-order valence-corrected chi connectivity index (χ2v) is 7.36. The van der Waals surface area contributed by atoms with Crippen LogP contribution in [0.25, 0.3) is 10.2 Å². The summed E-state index contributed by atoms with van der Waals surface area (Å²) in [7, 11) is 0. The Morgan fingerprint density at radius 1 is 1.50 bits per heavy atom. The van der Waals surface area contributed by atoms with E-state index in [1.807, 2.05) is 0 Å². The van der Waals surface area contributed by atoms with Gasteiger partial charge < -0.3 is 10.6 Å². The van der Waals surface area contributed by atoms with Crippen molar-refractivity contribution in [3.8, 4) is 0 Å². The fraction of sp³-hybridized carbons (Fsp3) is 0.500. The predicted octanol–water partition coefficient (Wildman–Crippen LogP) is 2.30. The monoisotopic (exact) mass is 358 g/mol. The molecule has 2 aromatic heterocycles. The van der Waals surface area contributed by atoms with Crippen molar-refractivity contribution in [3.63, 3.8) is 0 Å². The molecule has 0 aliphatic carbocycles. The summed E-state index contributed by atoms with van der Waals surface area (Å²) in [6.07, 6.45) is 2.59. The molecule has 3 heterocycles. The van der Waals surface area contributed by atoms with Gasteiger partial charge >= 0.3 is 0 Å². The zero-order chi connectivity index (χ0) is 14.8. The van der Waals surface area contributed by atoms with E-state index < -0.39 is 0 Å². The molecular weight excluding hydrogens is 340 g/mol. The molecule has 1 aliphatic rings. The van der Waals surface area contributed by atoms with Gasteiger partial charge in [0, 0.05) is 22.8 Å². The van der Waals surface area contributed by atoms with Crippen molar-refractivity contribution in [1.82, 2.24) is 20.6 Å². The van der Waals surface area contributed by atoms with Crippen molar-refractivity contribution in [3.05, 3.63) is 16.8 Å². The molecule has 0 saturated carbocycles. The van der Waals surface area contributed by atoms with Crippen LogP contribution in [0.4, 0.5) is 0 Å². The topological polar surface area (TPSA) is 66.9 Å². The van der Waals surface area contributed by atoms with Gasteiger partial charge in [0.25, 0.3) is 0 Å². The average molecular weight is 359 g/mol. The van der Waals surface area contributed by atoms with Gasteiger partial charge in [0.05, 0.1) is 5.75 Å². The highest BCUT2D eigenvalue weighted by Gasteiger charge is 2.18. The lowest BCUT2D eigenvalue weighted by Crippen LogP contribution is -2.37. The first-order valence-corrected chi connectivity index (χ1v) is 8.79. The normalized spacial score (nSPS) is 17.5. The molecular formula is C14H19ClN4OS2. The van der Waals surface area contributed by atoms with Crippen LogP contribution >= 0.6 is 35.5 Å². The molecule has 0 bridgehead atoms. The molecule has 1 amide bonds. The van der Waals surface area contributed by atoms with Gasteiger partial charge in [-0.05, 0) is 32.4 Å². The number of carbonyl (C=O) groups is 1. The van der Waals surface area contributed by atoms with E-state index in [9.17, 15) is 4.79 Å². The first-order valence-electron chi connectivity index (χ1n) is 6.98. The number of amides is 1. The first-order chi connectivity index (χ1) is 10.1. The van der Waals surface area contributed by atoms with Crippen LogP contribution in [-0.2, 0) is 4.79 Å². The molecule has 1 atom stereocenters. The van der Waals surface area contributed by atoms with Gasteiger partial charge in [-0.15, -0.1) is 23.7 Å². The second kappa shape index (κ2) is 7.59. The summed E-state index contributed by atoms with van der Waals surface area (Å²) in [5, 5.41) is 8.30. The molecule has 1 unspecified atom stereocenters. The third kappa shape index (κ3) is 3.71. The molecule has 5 nitrogen and oxygen atoms in total. The van der Waals surface area contributed by atoms with Crippen molar-refractivity contribution in [2.75, 3.05) is 18.8 Å². The Bertz CT molecular complexity index is 670. The standard InChI is InChI=1S/C14H18N4OS2.ClH/c1-8-9(2)21-14-12(8)13(16-7-17-14)20-6-11(19)18-10-3-4-15-5-10;/h7,10,15H,3-6H2,1-2H3,(H,18,19);1H. The van der Waals surface area contributed by atoms with Crippen molar-refractivity contribution >= 4 is 51.6 Å². The van der Waals surface area contributed by atoms with E-state index in [2.05, 4.69) is 34.4 Å². The SMILES string of the molecule is Cc1sc2ncnc(SCC(=O)NC3CCNC3)c2c1C.Cl. The summed E-state index contributed by atoms with van der Waals surface area (Å²) >= 11 is 3.17. The Hall–Kier alpha value is -0.890. The minimum atomic E-state index is 0. The van der Waals surface area contributed by atoms with Gasteiger partial charge in [0.1, 0.15) is 16.2 Å². The van der Waals surface area contributed by atoms with E-state index in [0.29, 0.717) is 5.75 Å². The Labute approximate surface area is 144 Å².